The number of nitro groups is 1. The van der Waals surface area contributed by atoms with Gasteiger partial charge in [-0.15, -0.1) is 11.8 Å². The first-order chi connectivity index (χ1) is 16.5. The van der Waals surface area contributed by atoms with E-state index in [2.05, 4.69) is 4.90 Å². The Bertz CT molecular complexity index is 1240. The van der Waals surface area contributed by atoms with Gasteiger partial charge < -0.3 is 9.80 Å². The molecule has 0 saturated carbocycles. The molecule has 1 fully saturated rings. The lowest BCUT2D eigenvalue weighted by Gasteiger charge is -2.36. The van der Waals surface area contributed by atoms with Crippen molar-refractivity contribution < 1.29 is 9.72 Å². The van der Waals surface area contributed by atoms with E-state index in [1.807, 2.05) is 23.1 Å². The van der Waals surface area contributed by atoms with Crippen LogP contribution in [0.2, 0.25) is 5.02 Å². The fraction of sp³-hybridized carbons (Fsp3) is 0.360. The average Bonchev–Trinajstić information content (AvgIpc) is 2.86. The van der Waals surface area contributed by atoms with Crippen LogP contribution in [0.25, 0.3) is 10.9 Å². The molecule has 2 aliphatic rings. The molecule has 0 spiro atoms. The number of fused-ring (bicyclic) bond motifs is 2. The van der Waals surface area contributed by atoms with Crippen LogP contribution in [0.1, 0.15) is 24.1 Å². The molecule has 1 aromatic heterocycles. The van der Waals surface area contributed by atoms with Crippen molar-refractivity contribution in [2.45, 2.75) is 30.6 Å². The molecule has 3 aromatic rings. The molecule has 176 valence electrons. The Morgan fingerprint density at radius 2 is 1.79 bits per heavy atom. The van der Waals surface area contributed by atoms with Crippen LogP contribution in [0.15, 0.2) is 47.4 Å². The van der Waals surface area contributed by atoms with E-state index in [1.165, 1.54) is 17.7 Å². The van der Waals surface area contributed by atoms with Gasteiger partial charge in [0.2, 0.25) is 5.91 Å². The SMILES string of the molecule is O=C(CSc1c2c(nc3ccc(Cl)cc13)CCCC2)N1CCN(c2ccc([N+](=O)[O-])cc2)CC1. The highest BCUT2D eigenvalue weighted by Crippen LogP contribution is 2.37. The molecule has 1 aliphatic carbocycles. The van der Waals surface area contributed by atoms with Crippen molar-refractivity contribution >= 4 is 51.5 Å². The first-order valence-corrected chi connectivity index (χ1v) is 12.9. The summed E-state index contributed by atoms with van der Waals surface area (Å²) in [6, 6.07) is 12.4. The Hall–Kier alpha value is -2.84. The van der Waals surface area contributed by atoms with Gasteiger partial charge in [-0.1, -0.05) is 11.6 Å². The maximum atomic E-state index is 13.1. The Labute approximate surface area is 207 Å². The molecule has 1 aliphatic heterocycles. The molecule has 0 bridgehead atoms. The number of hydrogen-bond acceptors (Lipinski definition) is 6. The molecule has 0 radical (unpaired) electrons. The summed E-state index contributed by atoms with van der Waals surface area (Å²) in [5.74, 6) is 0.514. The van der Waals surface area contributed by atoms with Crippen molar-refractivity contribution in [2.75, 3.05) is 36.8 Å². The van der Waals surface area contributed by atoms with Crippen LogP contribution in [0.4, 0.5) is 11.4 Å². The van der Waals surface area contributed by atoms with Crippen LogP contribution < -0.4 is 4.90 Å². The van der Waals surface area contributed by atoms with Crippen molar-refractivity contribution in [3.8, 4) is 0 Å². The van der Waals surface area contributed by atoms with Gasteiger partial charge in [0.15, 0.2) is 0 Å². The molecule has 0 atom stereocenters. The minimum absolute atomic E-state index is 0.0849. The fourth-order valence-electron chi connectivity index (χ4n) is 4.74. The summed E-state index contributed by atoms with van der Waals surface area (Å²) in [5.41, 5.74) is 4.41. The summed E-state index contributed by atoms with van der Waals surface area (Å²) in [6.45, 7) is 2.68. The summed E-state index contributed by atoms with van der Waals surface area (Å²) in [5, 5.41) is 12.6. The summed E-state index contributed by atoms with van der Waals surface area (Å²) < 4.78 is 0. The standard InChI is InChI=1S/C25H25ClN4O3S/c26-17-5-10-23-21(15-17)25(20-3-1-2-4-22(20)27-23)34-16-24(31)29-13-11-28(12-14-29)18-6-8-19(9-7-18)30(32)33/h5-10,15H,1-4,11-14,16H2. The second-order valence-electron chi connectivity index (χ2n) is 8.66. The quantitative estimate of drug-likeness (QED) is 0.277. The number of nitrogens with zero attached hydrogens (tertiary/aromatic N) is 4. The highest BCUT2D eigenvalue weighted by molar-refractivity contribution is 8.00. The van der Waals surface area contributed by atoms with E-state index in [4.69, 9.17) is 16.6 Å². The lowest BCUT2D eigenvalue weighted by atomic mass is 9.94. The Morgan fingerprint density at radius 3 is 2.53 bits per heavy atom. The summed E-state index contributed by atoms with van der Waals surface area (Å²) in [6.07, 6.45) is 4.28. The number of benzene rings is 2. The van der Waals surface area contributed by atoms with E-state index in [0.29, 0.717) is 37.0 Å². The molecule has 0 N–H and O–H groups in total. The van der Waals surface area contributed by atoms with Crippen molar-refractivity contribution in [3.05, 3.63) is 68.9 Å². The fourth-order valence-corrected chi connectivity index (χ4v) is 6.08. The van der Waals surface area contributed by atoms with E-state index in [0.717, 1.165) is 52.9 Å². The zero-order chi connectivity index (χ0) is 23.7. The number of non-ortho nitro benzene ring substituents is 1. The number of nitro benzene ring substituents is 1. The molecule has 2 heterocycles. The third-order valence-electron chi connectivity index (χ3n) is 6.57. The second-order valence-corrected chi connectivity index (χ2v) is 10.1. The number of halogens is 1. The first kappa shape index (κ1) is 22.9. The highest BCUT2D eigenvalue weighted by Gasteiger charge is 2.24. The number of piperazine rings is 1. The molecule has 2 aromatic carbocycles. The molecule has 34 heavy (non-hydrogen) atoms. The topological polar surface area (TPSA) is 79.6 Å². The van der Waals surface area contributed by atoms with Gasteiger partial charge >= 0.3 is 0 Å². The molecule has 1 amide bonds. The number of carbonyl (C=O) groups excluding carboxylic acids is 1. The van der Waals surface area contributed by atoms with Gasteiger partial charge in [-0.05, 0) is 61.6 Å². The largest absolute Gasteiger partial charge is 0.368 e. The molecular weight excluding hydrogens is 472 g/mol. The number of aromatic nitrogens is 1. The van der Waals surface area contributed by atoms with Gasteiger partial charge in [0.05, 0.1) is 16.2 Å². The Balaban J connectivity index is 1.25. The normalized spacial score (nSPS) is 15.9. The van der Waals surface area contributed by atoms with Crippen LogP contribution in [0.3, 0.4) is 0 Å². The number of hydrogen-bond donors (Lipinski definition) is 0. The lowest BCUT2D eigenvalue weighted by molar-refractivity contribution is -0.384. The van der Waals surface area contributed by atoms with Gasteiger partial charge in [-0.2, -0.15) is 0 Å². The third kappa shape index (κ3) is 4.70. The van der Waals surface area contributed by atoms with Crippen LogP contribution >= 0.6 is 23.4 Å². The van der Waals surface area contributed by atoms with Crippen LogP contribution in [0.5, 0.6) is 0 Å². The molecule has 0 unspecified atom stereocenters. The van der Waals surface area contributed by atoms with Gasteiger partial charge in [0.25, 0.3) is 5.69 Å². The van der Waals surface area contributed by atoms with E-state index in [-0.39, 0.29) is 11.6 Å². The maximum Gasteiger partial charge on any atom is 0.269 e. The van der Waals surface area contributed by atoms with Crippen LogP contribution in [0, 0.1) is 10.1 Å². The number of aryl methyl sites for hydroxylation is 1. The van der Waals surface area contributed by atoms with E-state index in [9.17, 15) is 14.9 Å². The molecule has 7 nitrogen and oxygen atoms in total. The van der Waals surface area contributed by atoms with Crippen molar-refractivity contribution in [2.24, 2.45) is 0 Å². The van der Waals surface area contributed by atoms with Crippen molar-refractivity contribution in [1.29, 1.82) is 0 Å². The lowest BCUT2D eigenvalue weighted by Crippen LogP contribution is -2.49. The third-order valence-corrected chi connectivity index (χ3v) is 7.95. The molecule has 9 heteroatoms. The number of pyridine rings is 1. The number of amides is 1. The Kier molecular flexibility index (Phi) is 6.61. The van der Waals surface area contributed by atoms with Gasteiger partial charge in [-0.3, -0.25) is 19.9 Å². The average molecular weight is 497 g/mol. The molecular formula is C25H25ClN4O3S. The monoisotopic (exact) mass is 496 g/mol. The Morgan fingerprint density at radius 1 is 1.06 bits per heavy atom. The number of anilines is 1. The van der Waals surface area contributed by atoms with Crippen LogP contribution in [-0.4, -0.2) is 52.6 Å². The maximum absolute atomic E-state index is 13.1. The van der Waals surface area contributed by atoms with Crippen molar-refractivity contribution in [3.63, 3.8) is 0 Å². The van der Waals surface area contributed by atoms with E-state index in [1.54, 1.807) is 23.9 Å². The van der Waals surface area contributed by atoms with Gasteiger partial charge in [-0.25, -0.2) is 0 Å². The van der Waals surface area contributed by atoms with Crippen molar-refractivity contribution in [1.82, 2.24) is 9.88 Å². The van der Waals surface area contributed by atoms with Gasteiger partial charge in [0.1, 0.15) is 0 Å². The number of thioether (sulfide) groups is 1. The summed E-state index contributed by atoms with van der Waals surface area (Å²) in [4.78, 5) is 33.7. The zero-order valence-electron chi connectivity index (χ0n) is 18.7. The predicted octanol–water partition coefficient (Wildman–Crippen LogP) is 5.12. The minimum atomic E-state index is -0.394. The molecule has 5 rings (SSSR count). The highest BCUT2D eigenvalue weighted by atomic mass is 35.5. The van der Waals surface area contributed by atoms with Gasteiger partial charge in [0, 0.05) is 65.0 Å². The predicted molar refractivity (Wildman–Crippen MR) is 136 cm³/mol. The summed E-state index contributed by atoms with van der Waals surface area (Å²) in [7, 11) is 0. The second kappa shape index (κ2) is 9.80. The molecule has 1 saturated heterocycles. The van der Waals surface area contributed by atoms with E-state index >= 15 is 0 Å². The number of carbonyl (C=O) groups is 1. The summed E-state index contributed by atoms with van der Waals surface area (Å²) >= 11 is 7.91. The first-order valence-electron chi connectivity index (χ1n) is 11.5. The zero-order valence-corrected chi connectivity index (χ0v) is 20.3. The smallest absolute Gasteiger partial charge is 0.269 e. The number of rotatable bonds is 5. The van der Waals surface area contributed by atoms with E-state index < -0.39 is 4.92 Å². The van der Waals surface area contributed by atoms with Crippen LogP contribution in [-0.2, 0) is 17.6 Å². The minimum Gasteiger partial charge on any atom is -0.368 e.